The highest BCUT2D eigenvalue weighted by Gasteiger charge is 2.48. The number of amides is 1. The maximum Gasteiger partial charge on any atom is 0.416 e. The number of hydrogen-bond acceptors (Lipinski definition) is 4. The molecule has 174 valence electrons. The molecule has 2 aromatic heterocycles. The normalized spacial score (nSPS) is 17.8. The first-order chi connectivity index (χ1) is 15.5. The third-order valence-electron chi connectivity index (χ3n) is 7.03. The van der Waals surface area contributed by atoms with Gasteiger partial charge in [-0.3, -0.25) is 9.20 Å². The molecule has 33 heavy (non-hydrogen) atoms. The van der Waals surface area contributed by atoms with Crippen LogP contribution in [0, 0.1) is 19.3 Å². The zero-order chi connectivity index (χ0) is 23.7. The minimum atomic E-state index is -4.41. The Hall–Kier alpha value is -3.10. The van der Waals surface area contributed by atoms with Crippen LogP contribution in [0.3, 0.4) is 0 Å². The summed E-state index contributed by atoms with van der Waals surface area (Å²) in [4.78, 5) is 24.0. The Balaban J connectivity index is 1.52. The summed E-state index contributed by atoms with van der Waals surface area (Å²) in [7, 11) is 0. The lowest BCUT2D eigenvalue weighted by atomic mass is 9.97. The first kappa shape index (κ1) is 21.7. The Morgan fingerprint density at radius 1 is 1.21 bits per heavy atom. The van der Waals surface area contributed by atoms with Crippen molar-refractivity contribution in [3.8, 4) is 0 Å². The highest BCUT2D eigenvalue weighted by Crippen LogP contribution is 2.48. The lowest BCUT2D eigenvalue weighted by molar-refractivity contribution is -0.138. The van der Waals surface area contributed by atoms with Crippen LogP contribution in [-0.4, -0.2) is 25.2 Å². The van der Waals surface area contributed by atoms with Crippen molar-refractivity contribution < 1.29 is 18.0 Å². The van der Waals surface area contributed by atoms with Gasteiger partial charge in [0.15, 0.2) is 0 Å². The van der Waals surface area contributed by atoms with Crippen molar-refractivity contribution in [2.24, 2.45) is 5.41 Å². The molecule has 1 fully saturated rings. The number of hydrogen-bond donors (Lipinski definition) is 1. The summed E-state index contributed by atoms with van der Waals surface area (Å²) >= 11 is 0. The van der Waals surface area contributed by atoms with Gasteiger partial charge in [0.25, 0.3) is 0 Å². The molecule has 1 unspecified atom stereocenters. The smallest absolute Gasteiger partial charge is 0.363 e. The minimum absolute atomic E-state index is 0.136. The lowest BCUT2D eigenvalue weighted by Crippen LogP contribution is -2.31. The summed E-state index contributed by atoms with van der Waals surface area (Å²) in [5.41, 5.74) is 2.58. The fraction of sp³-hybridized carbons (Fsp3) is 0.458. The van der Waals surface area contributed by atoms with Crippen LogP contribution in [0.1, 0.15) is 66.4 Å². The monoisotopic (exact) mass is 457 g/mol. The molecule has 0 bridgehead atoms. The van der Waals surface area contributed by atoms with Gasteiger partial charge >= 0.3 is 6.18 Å². The molecule has 0 radical (unpaired) electrons. The molecular formula is C24H26F3N5O. The van der Waals surface area contributed by atoms with E-state index in [1.807, 2.05) is 30.1 Å². The van der Waals surface area contributed by atoms with Gasteiger partial charge in [0.2, 0.25) is 11.7 Å². The van der Waals surface area contributed by atoms with Crippen LogP contribution < -0.4 is 5.32 Å². The van der Waals surface area contributed by atoms with E-state index in [2.05, 4.69) is 15.3 Å². The van der Waals surface area contributed by atoms with Crippen LogP contribution in [0.15, 0.2) is 24.4 Å². The Morgan fingerprint density at radius 2 is 1.94 bits per heavy atom. The van der Waals surface area contributed by atoms with Gasteiger partial charge in [-0.1, -0.05) is 19.1 Å². The van der Waals surface area contributed by atoms with E-state index < -0.39 is 17.8 Å². The van der Waals surface area contributed by atoms with Gasteiger partial charge in [-0.25, -0.2) is 4.98 Å². The van der Waals surface area contributed by atoms with Crippen LogP contribution in [0.5, 0.6) is 0 Å². The topological polar surface area (TPSA) is 62.5 Å². The Morgan fingerprint density at radius 3 is 2.61 bits per heavy atom. The molecule has 1 saturated carbocycles. The number of carbonyl (C=O) groups excluding carboxylic acids is 1. The van der Waals surface area contributed by atoms with Crippen LogP contribution >= 0.6 is 0 Å². The number of carbonyl (C=O) groups is 1. The van der Waals surface area contributed by atoms with E-state index in [-0.39, 0.29) is 16.9 Å². The number of imidazole rings is 1. The number of alkyl halides is 3. The fourth-order valence-corrected chi connectivity index (χ4v) is 4.79. The summed E-state index contributed by atoms with van der Waals surface area (Å²) < 4.78 is 42.2. The number of fused-ring (bicyclic) bond motifs is 3. The Kier molecular flexibility index (Phi) is 4.74. The van der Waals surface area contributed by atoms with Crippen molar-refractivity contribution in [3.05, 3.63) is 58.0 Å². The lowest BCUT2D eigenvalue weighted by Gasteiger charge is -2.22. The maximum absolute atomic E-state index is 13.4. The minimum Gasteiger partial charge on any atom is -0.363 e. The van der Waals surface area contributed by atoms with Gasteiger partial charge in [-0.05, 0) is 50.8 Å². The molecule has 3 heterocycles. The third-order valence-corrected chi connectivity index (χ3v) is 7.03. The second kappa shape index (κ2) is 7.20. The van der Waals surface area contributed by atoms with Gasteiger partial charge < -0.3 is 10.2 Å². The van der Waals surface area contributed by atoms with Gasteiger partial charge in [-0.2, -0.15) is 18.2 Å². The first-order valence-electron chi connectivity index (χ1n) is 11.1. The van der Waals surface area contributed by atoms with E-state index in [1.54, 1.807) is 12.3 Å². The molecule has 0 saturated heterocycles. The van der Waals surface area contributed by atoms with Crippen LogP contribution in [-0.2, 0) is 24.1 Å². The van der Waals surface area contributed by atoms with Gasteiger partial charge in [0.05, 0.1) is 36.6 Å². The molecule has 5 rings (SSSR count). The van der Waals surface area contributed by atoms with Crippen LogP contribution in [0.25, 0.3) is 5.78 Å². The molecular weight excluding hydrogens is 431 g/mol. The number of aryl methyl sites for hydroxylation is 1. The highest BCUT2D eigenvalue weighted by molar-refractivity contribution is 5.85. The van der Waals surface area contributed by atoms with Crippen molar-refractivity contribution in [1.29, 1.82) is 0 Å². The largest absolute Gasteiger partial charge is 0.416 e. The van der Waals surface area contributed by atoms with Crippen molar-refractivity contribution in [3.63, 3.8) is 0 Å². The molecule has 1 aliphatic carbocycles. The highest BCUT2D eigenvalue weighted by atomic mass is 19.4. The summed E-state index contributed by atoms with van der Waals surface area (Å²) in [5, 5.41) is 3.32. The summed E-state index contributed by atoms with van der Waals surface area (Å²) in [6.07, 6.45) is -0.883. The molecule has 1 aromatic carbocycles. The van der Waals surface area contributed by atoms with Crippen molar-refractivity contribution in [1.82, 2.24) is 19.3 Å². The SMILES string of the molecule is Cc1c(C(C)Nc2nc3ncc(C)n3c3c2CN(C(=O)C2(C)CC2)C3)cccc1C(F)(F)F. The fourth-order valence-electron chi connectivity index (χ4n) is 4.79. The van der Waals surface area contributed by atoms with Crippen LogP contribution in [0.4, 0.5) is 19.0 Å². The third kappa shape index (κ3) is 3.54. The van der Waals surface area contributed by atoms with Gasteiger partial charge in [-0.15, -0.1) is 0 Å². The van der Waals surface area contributed by atoms with E-state index in [4.69, 9.17) is 0 Å². The van der Waals surface area contributed by atoms with Gasteiger partial charge in [0.1, 0.15) is 5.82 Å². The van der Waals surface area contributed by atoms with E-state index >= 15 is 0 Å². The zero-order valence-electron chi connectivity index (χ0n) is 19.0. The number of anilines is 1. The number of benzene rings is 1. The average molecular weight is 458 g/mol. The molecule has 1 aliphatic heterocycles. The zero-order valence-corrected chi connectivity index (χ0v) is 19.0. The number of rotatable bonds is 4. The van der Waals surface area contributed by atoms with Gasteiger partial charge in [0, 0.05) is 16.7 Å². The quantitative estimate of drug-likeness (QED) is 0.586. The standard InChI is InChI=1S/C24H26F3N5O/c1-13-10-28-22-30-20(29-15(3)16-6-5-7-18(14(16)2)24(25,26)27)17-11-31(12-19(17)32(13)22)21(33)23(4)8-9-23/h5-7,10,15H,8-9,11-12H2,1-4H3,(H,28,29,30). The molecule has 3 aromatic rings. The van der Waals surface area contributed by atoms with Crippen molar-refractivity contribution in [2.75, 3.05) is 5.32 Å². The average Bonchev–Trinajstić information content (AvgIpc) is 3.17. The summed E-state index contributed by atoms with van der Waals surface area (Å²) in [6, 6.07) is 3.81. The van der Waals surface area contributed by atoms with E-state index in [0.717, 1.165) is 35.9 Å². The van der Waals surface area contributed by atoms with E-state index in [1.165, 1.54) is 13.0 Å². The Bertz CT molecular complexity index is 1280. The predicted octanol–water partition coefficient (Wildman–Crippen LogP) is 5.18. The molecule has 1 atom stereocenters. The van der Waals surface area contributed by atoms with Crippen molar-refractivity contribution in [2.45, 2.75) is 65.8 Å². The second-order valence-electron chi connectivity index (χ2n) is 9.53. The van der Waals surface area contributed by atoms with Crippen LogP contribution in [0.2, 0.25) is 0 Å². The number of aromatic nitrogens is 3. The number of nitrogens with zero attached hydrogens (tertiary/aromatic N) is 4. The second-order valence-corrected chi connectivity index (χ2v) is 9.53. The maximum atomic E-state index is 13.4. The van der Waals surface area contributed by atoms with Crippen molar-refractivity contribution >= 4 is 17.5 Å². The summed E-state index contributed by atoms with van der Waals surface area (Å²) in [6.45, 7) is 8.13. The molecule has 9 heteroatoms. The predicted molar refractivity (Wildman–Crippen MR) is 118 cm³/mol. The molecule has 1 N–H and O–H groups in total. The molecule has 6 nitrogen and oxygen atoms in total. The first-order valence-corrected chi connectivity index (χ1v) is 11.1. The molecule has 1 amide bonds. The number of nitrogens with one attached hydrogen (secondary N) is 1. The number of halogens is 3. The Labute approximate surface area is 189 Å². The molecule has 2 aliphatic rings. The summed E-state index contributed by atoms with van der Waals surface area (Å²) in [5.74, 6) is 1.20. The van der Waals surface area contributed by atoms with E-state index in [9.17, 15) is 18.0 Å². The molecule has 0 spiro atoms. The van der Waals surface area contributed by atoms with E-state index in [0.29, 0.717) is 30.2 Å².